The lowest BCUT2D eigenvalue weighted by molar-refractivity contribution is -0.148. The molecule has 0 saturated carbocycles. The van der Waals surface area contributed by atoms with Crippen molar-refractivity contribution in [2.45, 2.75) is 58.0 Å². The molecule has 14 nitrogen and oxygen atoms in total. The Balaban J connectivity index is 1.70. The summed E-state index contributed by atoms with van der Waals surface area (Å²) in [6.07, 6.45) is 2.56. The first kappa shape index (κ1) is 34.5. The lowest BCUT2D eigenvalue weighted by Crippen LogP contribution is -2.32. The Kier molecular flexibility index (Phi) is 12.8. The maximum Gasteiger partial charge on any atom is 0.306 e. The van der Waals surface area contributed by atoms with Crippen molar-refractivity contribution in [2.24, 2.45) is 0 Å². The van der Waals surface area contributed by atoms with E-state index in [9.17, 15) is 24.0 Å². The molecule has 1 aromatic carbocycles. The number of H-pyrrole nitrogens is 1. The number of ether oxygens (including phenoxy) is 2. The minimum absolute atomic E-state index is 0.00133. The zero-order valence-corrected chi connectivity index (χ0v) is 25.4. The number of benzene rings is 1. The number of aromatic amines is 1. The van der Waals surface area contributed by atoms with Crippen molar-refractivity contribution < 1.29 is 43.7 Å². The number of nitrogens with zero attached hydrogens (tertiary/aromatic N) is 2. The van der Waals surface area contributed by atoms with Crippen molar-refractivity contribution in [3.05, 3.63) is 64.6 Å². The fourth-order valence-electron chi connectivity index (χ4n) is 4.02. The molecule has 3 rings (SSSR count). The predicted molar refractivity (Wildman–Crippen MR) is 162 cm³/mol. The van der Waals surface area contributed by atoms with Crippen LogP contribution in [0.4, 0.5) is 5.95 Å². The van der Waals surface area contributed by atoms with Gasteiger partial charge in [0.2, 0.25) is 5.95 Å². The Bertz CT molecular complexity index is 1530. The van der Waals surface area contributed by atoms with Gasteiger partial charge in [0, 0.05) is 23.0 Å². The molecule has 0 radical (unpaired) electrons. The van der Waals surface area contributed by atoms with Crippen LogP contribution in [0.15, 0.2) is 42.7 Å². The molecule has 0 spiro atoms. The first-order chi connectivity index (χ1) is 21.4. The Labute approximate surface area is 263 Å². The molecule has 2 aromatic heterocycles. The third kappa shape index (κ3) is 11.2. The van der Waals surface area contributed by atoms with E-state index in [2.05, 4.69) is 25.6 Å². The maximum atomic E-state index is 13.3. The molecule has 2 atom stereocenters. The molecular weight excluding hydrogens is 610 g/mol. The van der Waals surface area contributed by atoms with E-state index in [4.69, 9.17) is 31.3 Å². The summed E-state index contributed by atoms with van der Waals surface area (Å²) in [6.45, 7) is 3.44. The third-order valence-corrected chi connectivity index (χ3v) is 6.73. The second-order valence-electron chi connectivity index (χ2n) is 10.0. The standard InChI is InChI=1S/C30H34ClN5O9/c1-3-21(15-44-26(41)9-7-24(37)38)34-30-33-13-17(2)28(36-30)19-12-22(32-14-19)29(43)35-23(18-5-4-6-20(31)11-18)16-45-27(42)10-8-25(39)40/h4-6,11-14,21,23,32H,3,7-10,15-16H2,1-2H3,(H,35,43)(H,37,38)(H,39,40)(H,33,34,36)/t21-,23-/m1/s1. The van der Waals surface area contributed by atoms with Crippen LogP contribution in [0.5, 0.6) is 0 Å². The van der Waals surface area contributed by atoms with Gasteiger partial charge >= 0.3 is 23.9 Å². The largest absolute Gasteiger partial charge is 0.481 e. The average Bonchev–Trinajstić information content (AvgIpc) is 3.50. The number of aryl methyl sites for hydroxylation is 1. The molecule has 0 unspecified atom stereocenters. The van der Waals surface area contributed by atoms with Gasteiger partial charge in [-0.2, -0.15) is 0 Å². The minimum Gasteiger partial charge on any atom is -0.481 e. The van der Waals surface area contributed by atoms with Gasteiger partial charge in [-0.15, -0.1) is 0 Å². The number of anilines is 1. The van der Waals surface area contributed by atoms with Crippen LogP contribution in [-0.2, 0) is 28.7 Å². The fourth-order valence-corrected chi connectivity index (χ4v) is 4.22. The molecule has 240 valence electrons. The van der Waals surface area contributed by atoms with Crippen molar-refractivity contribution in [3.63, 3.8) is 0 Å². The first-order valence-corrected chi connectivity index (χ1v) is 14.4. The number of aromatic nitrogens is 3. The lowest BCUT2D eigenvalue weighted by Gasteiger charge is -2.19. The maximum absolute atomic E-state index is 13.3. The number of hydrogen-bond acceptors (Lipinski definition) is 10. The molecule has 5 N–H and O–H groups in total. The van der Waals surface area contributed by atoms with Crippen LogP contribution in [-0.4, -0.2) is 74.2 Å². The molecule has 0 aliphatic carbocycles. The van der Waals surface area contributed by atoms with Gasteiger partial charge in [0.1, 0.15) is 18.9 Å². The molecule has 0 fully saturated rings. The van der Waals surface area contributed by atoms with Crippen LogP contribution in [0, 0.1) is 6.92 Å². The van der Waals surface area contributed by atoms with E-state index in [0.29, 0.717) is 28.3 Å². The highest BCUT2D eigenvalue weighted by Gasteiger charge is 2.21. The summed E-state index contributed by atoms with van der Waals surface area (Å²) in [5.74, 6) is -3.78. The number of hydrogen-bond donors (Lipinski definition) is 5. The Morgan fingerprint density at radius 3 is 2.27 bits per heavy atom. The van der Waals surface area contributed by atoms with E-state index >= 15 is 0 Å². The number of aliphatic carboxylic acids is 2. The second kappa shape index (κ2) is 16.8. The van der Waals surface area contributed by atoms with Crippen LogP contribution in [0.3, 0.4) is 0 Å². The van der Waals surface area contributed by atoms with E-state index < -0.39 is 35.8 Å². The smallest absolute Gasteiger partial charge is 0.306 e. The molecule has 45 heavy (non-hydrogen) atoms. The second-order valence-corrected chi connectivity index (χ2v) is 10.4. The van der Waals surface area contributed by atoms with Crippen LogP contribution in [0.1, 0.15) is 66.7 Å². The third-order valence-electron chi connectivity index (χ3n) is 6.50. The number of rotatable bonds is 17. The van der Waals surface area contributed by atoms with Gasteiger partial charge in [0.15, 0.2) is 0 Å². The lowest BCUT2D eigenvalue weighted by atomic mass is 10.1. The van der Waals surface area contributed by atoms with E-state index in [-0.39, 0.29) is 56.6 Å². The zero-order chi connectivity index (χ0) is 32.9. The summed E-state index contributed by atoms with van der Waals surface area (Å²) in [7, 11) is 0. The molecule has 0 aliphatic rings. The van der Waals surface area contributed by atoms with Gasteiger partial charge < -0.3 is 35.3 Å². The molecule has 15 heteroatoms. The van der Waals surface area contributed by atoms with Crippen molar-refractivity contribution >= 4 is 47.3 Å². The number of carboxylic acid groups (broad SMARTS) is 2. The Morgan fingerprint density at radius 2 is 1.64 bits per heavy atom. The van der Waals surface area contributed by atoms with E-state index in [1.165, 1.54) is 0 Å². The number of amides is 1. The number of carbonyl (C=O) groups excluding carboxylic acids is 3. The normalized spacial score (nSPS) is 12.1. The van der Waals surface area contributed by atoms with Crippen LogP contribution >= 0.6 is 11.6 Å². The predicted octanol–water partition coefficient (Wildman–Crippen LogP) is 3.91. The van der Waals surface area contributed by atoms with Crippen LogP contribution in [0.25, 0.3) is 11.3 Å². The highest BCUT2D eigenvalue weighted by molar-refractivity contribution is 6.30. The summed E-state index contributed by atoms with van der Waals surface area (Å²) >= 11 is 6.13. The summed E-state index contributed by atoms with van der Waals surface area (Å²) in [5.41, 5.74) is 2.63. The molecular formula is C30H34ClN5O9. The summed E-state index contributed by atoms with van der Waals surface area (Å²) in [5, 5.41) is 23.9. The highest BCUT2D eigenvalue weighted by Crippen LogP contribution is 2.24. The molecule has 0 bridgehead atoms. The summed E-state index contributed by atoms with van der Waals surface area (Å²) in [4.78, 5) is 70.3. The quantitative estimate of drug-likeness (QED) is 0.133. The van der Waals surface area contributed by atoms with Crippen LogP contribution < -0.4 is 10.6 Å². The van der Waals surface area contributed by atoms with Crippen LogP contribution in [0.2, 0.25) is 5.02 Å². The van der Waals surface area contributed by atoms with Crippen molar-refractivity contribution in [1.82, 2.24) is 20.3 Å². The average molecular weight is 644 g/mol. The van der Waals surface area contributed by atoms with Gasteiger partial charge in [-0.25, -0.2) is 9.97 Å². The van der Waals surface area contributed by atoms with Gasteiger partial charge in [-0.1, -0.05) is 30.7 Å². The van der Waals surface area contributed by atoms with Crippen molar-refractivity contribution in [3.8, 4) is 11.3 Å². The summed E-state index contributed by atoms with van der Waals surface area (Å²) < 4.78 is 10.4. The number of nitrogens with one attached hydrogen (secondary N) is 3. The number of esters is 2. The molecule has 2 heterocycles. The van der Waals surface area contributed by atoms with Crippen molar-refractivity contribution in [2.75, 3.05) is 18.5 Å². The Morgan fingerprint density at radius 1 is 0.978 bits per heavy atom. The molecule has 3 aromatic rings. The van der Waals surface area contributed by atoms with E-state index in [0.717, 1.165) is 5.56 Å². The van der Waals surface area contributed by atoms with Gasteiger partial charge in [-0.05, 0) is 42.7 Å². The number of carbonyl (C=O) groups is 5. The minimum atomic E-state index is -1.13. The first-order valence-electron chi connectivity index (χ1n) is 14.0. The van der Waals surface area contributed by atoms with Gasteiger partial charge in [0.25, 0.3) is 5.91 Å². The van der Waals surface area contributed by atoms with Crippen molar-refractivity contribution in [1.29, 1.82) is 0 Å². The fraction of sp³-hybridized carbons (Fsp3) is 0.367. The highest BCUT2D eigenvalue weighted by atomic mass is 35.5. The van der Waals surface area contributed by atoms with Gasteiger partial charge in [-0.3, -0.25) is 24.0 Å². The zero-order valence-electron chi connectivity index (χ0n) is 24.7. The molecule has 0 aliphatic heterocycles. The summed E-state index contributed by atoms with van der Waals surface area (Å²) in [6, 6.07) is 7.17. The van der Waals surface area contributed by atoms with Gasteiger partial charge in [0.05, 0.1) is 43.5 Å². The Hall–Kier alpha value is -4.98. The molecule has 1 amide bonds. The van der Waals surface area contributed by atoms with E-state index in [1.54, 1.807) is 49.6 Å². The van der Waals surface area contributed by atoms with E-state index in [1.807, 2.05) is 6.92 Å². The number of carboxylic acids is 2. The molecule has 0 saturated heterocycles. The SMILES string of the molecule is CC[C@H](COC(=O)CCC(=O)O)Nc1ncc(C)c(-c2c[nH]c(C(=O)N[C@H](COC(=O)CCC(=O)O)c3cccc(Cl)c3)c2)n1. The number of halogens is 1. The topological polar surface area (TPSA) is 210 Å². The monoisotopic (exact) mass is 643 g/mol.